The molecule has 3 aromatic carbocycles. The Balaban J connectivity index is 1.60. The second-order valence-corrected chi connectivity index (χ2v) is 10.7. The van der Waals surface area contributed by atoms with E-state index in [-0.39, 0.29) is 13.2 Å². The van der Waals surface area contributed by atoms with Gasteiger partial charge in [-0.15, -0.1) is 0 Å². The van der Waals surface area contributed by atoms with E-state index in [4.69, 9.17) is 28.4 Å². The summed E-state index contributed by atoms with van der Waals surface area (Å²) < 4.78 is 36.7. The summed E-state index contributed by atoms with van der Waals surface area (Å²) in [4.78, 5) is 26.8. The average Bonchev–Trinajstić information content (AvgIpc) is 3.39. The summed E-state index contributed by atoms with van der Waals surface area (Å²) in [7, 11) is 4.75. The van der Waals surface area contributed by atoms with Crippen molar-refractivity contribution in [3.05, 3.63) is 129 Å². The van der Waals surface area contributed by atoms with Gasteiger partial charge in [0, 0.05) is 19.4 Å². The first-order chi connectivity index (χ1) is 21.8. The van der Waals surface area contributed by atoms with E-state index >= 15 is 0 Å². The van der Waals surface area contributed by atoms with E-state index in [0.29, 0.717) is 11.5 Å². The molecular formula is C34H38N2O9. The van der Waals surface area contributed by atoms with Gasteiger partial charge in [0.1, 0.15) is 35.4 Å². The standard InChI is InChI=1S/C34H38N2O9/c1-22(30-29(38)31(43-21-20-40-2)32(44-30)36-19-18-28(37)35-33(36)39)45-34(23-8-6-5-7-9-23,24-10-14-26(41-3)15-11-24)25-12-16-27(42-4)17-13-25/h5-19,22,29-32,38H,20-21H2,1-4H3,(H,35,37,39)/t22?,29-,30-,31-,32-/m1/s1. The number of H-pyrrole nitrogens is 1. The minimum absolute atomic E-state index is 0.143. The van der Waals surface area contributed by atoms with Crippen LogP contribution in [0.3, 0.4) is 0 Å². The Morgan fingerprint density at radius 2 is 1.42 bits per heavy atom. The average molecular weight is 619 g/mol. The topological polar surface area (TPSA) is 130 Å². The highest BCUT2D eigenvalue weighted by molar-refractivity contribution is 5.49. The van der Waals surface area contributed by atoms with Gasteiger partial charge in [0.25, 0.3) is 5.56 Å². The molecule has 1 aliphatic heterocycles. The van der Waals surface area contributed by atoms with Crippen molar-refractivity contribution in [2.75, 3.05) is 34.5 Å². The third-order valence-electron chi connectivity index (χ3n) is 7.97. The van der Waals surface area contributed by atoms with Gasteiger partial charge in [0.05, 0.1) is 33.5 Å². The van der Waals surface area contributed by atoms with Crippen molar-refractivity contribution in [1.82, 2.24) is 9.55 Å². The normalized spacial score (nSPS) is 20.6. The number of aliphatic hydroxyl groups excluding tert-OH is 1. The number of aromatic amines is 1. The molecule has 0 spiro atoms. The fourth-order valence-corrected chi connectivity index (χ4v) is 5.74. The Labute approximate surface area is 260 Å². The van der Waals surface area contributed by atoms with Crippen LogP contribution in [0.1, 0.15) is 29.8 Å². The zero-order chi connectivity index (χ0) is 32.0. The number of benzene rings is 3. The van der Waals surface area contributed by atoms with Crippen molar-refractivity contribution < 1.29 is 33.5 Å². The van der Waals surface area contributed by atoms with Gasteiger partial charge in [-0.3, -0.25) is 14.3 Å². The van der Waals surface area contributed by atoms with E-state index in [1.807, 2.05) is 85.8 Å². The van der Waals surface area contributed by atoms with Gasteiger partial charge in [-0.05, 0) is 47.9 Å². The molecule has 238 valence electrons. The number of nitrogens with zero attached hydrogens (tertiary/aromatic N) is 1. The van der Waals surface area contributed by atoms with Crippen LogP contribution in [-0.2, 0) is 24.5 Å². The molecule has 0 radical (unpaired) electrons. The summed E-state index contributed by atoms with van der Waals surface area (Å²) in [6.45, 7) is 2.21. The van der Waals surface area contributed by atoms with Crippen LogP contribution in [0.4, 0.5) is 0 Å². The summed E-state index contributed by atoms with van der Waals surface area (Å²) in [5.41, 5.74) is 0.0270. The van der Waals surface area contributed by atoms with E-state index in [2.05, 4.69) is 4.98 Å². The highest BCUT2D eigenvalue weighted by Gasteiger charge is 2.51. The first-order valence-corrected chi connectivity index (χ1v) is 14.6. The first-order valence-electron chi connectivity index (χ1n) is 14.6. The van der Waals surface area contributed by atoms with Crippen molar-refractivity contribution in [2.24, 2.45) is 0 Å². The second-order valence-electron chi connectivity index (χ2n) is 10.7. The van der Waals surface area contributed by atoms with E-state index in [9.17, 15) is 14.7 Å². The Morgan fingerprint density at radius 1 is 0.844 bits per heavy atom. The molecular weight excluding hydrogens is 580 g/mol. The number of aliphatic hydroxyl groups is 1. The predicted molar refractivity (Wildman–Crippen MR) is 166 cm³/mol. The molecule has 5 atom stereocenters. The molecule has 1 unspecified atom stereocenters. The molecule has 0 bridgehead atoms. The molecule has 4 aromatic rings. The lowest BCUT2D eigenvalue weighted by atomic mass is 9.79. The van der Waals surface area contributed by atoms with Crippen LogP contribution in [0, 0.1) is 0 Å². The highest BCUT2D eigenvalue weighted by atomic mass is 16.6. The lowest BCUT2D eigenvalue weighted by molar-refractivity contribution is -0.138. The maximum atomic E-state index is 12.8. The monoisotopic (exact) mass is 618 g/mol. The molecule has 1 aliphatic rings. The molecule has 2 heterocycles. The predicted octanol–water partition coefficient (Wildman–Crippen LogP) is 3.24. The number of nitrogens with one attached hydrogen (secondary N) is 1. The number of aromatic nitrogens is 2. The molecule has 5 rings (SSSR count). The van der Waals surface area contributed by atoms with Crippen LogP contribution in [-0.4, -0.2) is 73.6 Å². The minimum atomic E-state index is -1.21. The zero-order valence-electron chi connectivity index (χ0n) is 25.6. The molecule has 0 saturated carbocycles. The fraction of sp³-hybridized carbons (Fsp3) is 0.353. The van der Waals surface area contributed by atoms with Crippen LogP contribution in [0.2, 0.25) is 0 Å². The lowest BCUT2D eigenvalue weighted by Crippen LogP contribution is -2.45. The summed E-state index contributed by atoms with van der Waals surface area (Å²) in [6, 6.07) is 26.2. The van der Waals surface area contributed by atoms with Gasteiger partial charge >= 0.3 is 5.69 Å². The van der Waals surface area contributed by atoms with Crippen molar-refractivity contribution in [3.8, 4) is 11.5 Å². The van der Waals surface area contributed by atoms with E-state index < -0.39 is 47.5 Å². The molecule has 11 nitrogen and oxygen atoms in total. The Bertz CT molecular complexity index is 1590. The molecule has 1 fully saturated rings. The van der Waals surface area contributed by atoms with E-state index in [1.54, 1.807) is 14.2 Å². The number of rotatable bonds is 13. The van der Waals surface area contributed by atoms with Crippen molar-refractivity contribution >= 4 is 0 Å². The van der Waals surface area contributed by atoms with Crippen molar-refractivity contribution in [3.63, 3.8) is 0 Å². The quantitative estimate of drug-likeness (QED) is 0.171. The van der Waals surface area contributed by atoms with Crippen LogP contribution >= 0.6 is 0 Å². The van der Waals surface area contributed by atoms with Crippen molar-refractivity contribution in [1.29, 1.82) is 0 Å². The Morgan fingerprint density at radius 3 is 1.96 bits per heavy atom. The van der Waals surface area contributed by atoms with Crippen LogP contribution in [0.5, 0.6) is 11.5 Å². The van der Waals surface area contributed by atoms with Gasteiger partial charge in [-0.25, -0.2) is 4.79 Å². The summed E-state index contributed by atoms with van der Waals surface area (Å²) in [5.74, 6) is 1.37. The summed E-state index contributed by atoms with van der Waals surface area (Å²) in [5, 5.41) is 11.6. The fourth-order valence-electron chi connectivity index (χ4n) is 5.74. The summed E-state index contributed by atoms with van der Waals surface area (Å²) in [6.07, 6.45) is -3.61. The molecule has 45 heavy (non-hydrogen) atoms. The van der Waals surface area contributed by atoms with Crippen LogP contribution in [0.15, 0.2) is 101 Å². The molecule has 11 heteroatoms. The molecule has 1 aromatic heterocycles. The lowest BCUT2D eigenvalue weighted by Gasteiger charge is -2.40. The van der Waals surface area contributed by atoms with Gasteiger partial charge in [-0.1, -0.05) is 54.6 Å². The van der Waals surface area contributed by atoms with E-state index in [0.717, 1.165) is 16.7 Å². The third-order valence-corrected chi connectivity index (χ3v) is 7.97. The van der Waals surface area contributed by atoms with Gasteiger partial charge < -0.3 is 33.5 Å². The van der Waals surface area contributed by atoms with Crippen LogP contribution < -0.4 is 20.7 Å². The minimum Gasteiger partial charge on any atom is -0.497 e. The first kappa shape index (κ1) is 32.1. The van der Waals surface area contributed by atoms with Gasteiger partial charge in [-0.2, -0.15) is 0 Å². The number of hydrogen-bond acceptors (Lipinski definition) is 9. The summed E-state index contributed by atoms with van der Waals surface area (Å²) >= 11 is 0. The molecule has 2 N–H and O–H groups in total. The second kappa shape index (κ2) is 14.2. The molecule has 0 amide bonds. The Hall–Kier alpha value is -4.26. The largest absolute Gasteiger partial charge is 0.497 e. The maximum Gasteiger partial charge on any atom is 0.330 e. The van der Waals surface area contributed by atoms with Gasteiger partial charge in [0.15, 0.2) is 6.23 Å². The zero-order valence-corrected chi connectivity index (χ0v) is 25.6. The molecule has 1 saturated heterocycles. The van der Waals surface area contributed by atoms with Crippen LogP contribution in [0.25, 0.3) is 0 Å². The maximum absolute atomic E-state index is 12.8. The molecule has 0 aliphatic carbocycles. The third kappa shape index (κ3) is 6.58. The smallest absolute Gasteiger partial charge is 0.330 e. The number of hydrogen-bond donors (Lipinski definition) is 2. The number of ether oxygens (including phenoxy) is 6. The Kier molecular flexibility index (Phi) is 10.2. The van der Waals surface area contributed by atoms with Gasteiger partial charge in [0.2, 0.25) is 0 Å². The number of methoxy groups -OCH3 is 3. The highest BCUT2D eigenvalue weighted by Crippen LogP contribution is 2.44. The SMILES string of the molecule is COCCO[C@@H]1[C@H](O)[C@@H](C(C)OC(c2ccccc2)(c2ccc(OC)cc2)c2ccc(OC)cc2)O[C@H]1n1ccc(=O)[nH]c1=O. The van der Waals surface area contributed by atoms with Crippen molar-refractivity contribution in [2.45, 2.75) is 43.2 Å². The van der Waals surface area contributed by atoms with E-state index in [1.165, 1.54) is 23.9 Å².